The number of hydrogen-bond donors (Lipinski definition) is 1. The molecule has 0 spiro atoms. The maximum absolute atomic E-state index is 12.3. The van der Waals surface area contributed by atoms with Crippen LogP contribution in [0.25, 0.3) is 5.65 Å². The van der Waals surface area contributed by atoms with Crippen molar-refractivity contribution in [2.75, 3.05) is 18.9 Å². The highest BCUT2D eigenvalue weighted by Gasteiger charge is 2.25. The number of carbonyl (C=O) groups excluding carboxylic acids is 1. The van der Waals surface area contributed by atoms with Gasteiger partial charge in [0.25, 0.3) is 5.16 Å². The SMILES string of the molecule is O=C(CS(=O)(=O)c1nnc2ccccn12)NCC1CCCO1. The molecule has 1 N–H and O–H groups in total. The van der Waals surface area contributed by atoms with E-state index < -0.39 is 21.5 Å². The molecule has 0 bridgehead atoms. The molecule has 8 nitrogen and oxygen atoms in total. The number of amides is 1. The zero-order chi connectivity index (χ0) is 15.6. The number of rotatable bonds is 5. The molecule has 2 aromatic heterocycles. The number of aromatic nitrogens is 3. The van der Waals surface area contributed by atoms with E-state index in [0.717, 1.165) is 12.8 Å². The van der Waals surface area contributed by atoms with E-state index in [9.17, 15) is 13.2 Å². The van der Waals surface area contributed by atoms with Crippen LogP contribution < -0.4 is 5.32 Å². The second kappa shape index (κ2) is 6.01. The molecule has 1 atom stereocenters. The molecule has 0 radical (unpaired) electrons. The van der Waals surface area contributed by atoms with Crippen molar-refractivity contribution in [1.82, 2.24) is 19.9 Å². The molecule has 118 valence electrons. The lowest BCUT2D eigenvalue weighted by Gasteiger charge is -2.10. The first-order chi connectivity index (χ1) is 10.6. The summed E-state index contributed by atoms with van der Waals surface area (Å²) in [5.74, 6) is -1.22. The largest absolute Gasteiger partial charge is 0.376 e. The Morgan fingerprint density at radius 3 is 3.05 bits per heavy atom. The Hall–Kier alpha value is -2.00. The van der Waals surface area contributed by atoms with Crippen molar-refractivity contribution >= 4 is 21.4 Å². The molecule has 9 heteroatoms. The Labute approximate surface area is 127 Å². The molecule has 3 heterocycles. The van der Waals surface area contributed by atoms with Gasteiger partial charge in [0.05, 0.1) is 6.10 Å². The van der Waals surface area contributed by atoms with E-state index in [0.29, 0.717) is 18.8 Å². The van der Waals surface area contributed by atoms with Crippen molar-refractivity contribution in [2.24, 2.45) is 0 Å². The van der Waals surface area contributed by atoms with Crippen molar-refractivity contribution in [3.8, 4) is 0 Å². The second-order valence-electron chi connectivity index (χ2n) is 5.11. The fourth-order valence-corrected chi connectivity index (χ4v) is 3.55. The van der Waals surface area contributed by atoms with Gasteiger partial charge < -0.3 is 10.1 Å². The number of fused-ring (bicyclic) bond motifs is 1. The van der Waals surface area contributed by atoms with Gasteiger partial charge >= 0.3 is 0 Å². The minimum absolute atomic E-state index is 0.0272. The van der Waals surface area contributed by atoms with Crippen LogP contribution in [0, 0.1) is 0 Å². The van der Waals surface area contributed by atoms with Gasteiger partial charge in [0.1, 0.15) is 5.75 Å². The quantitative estimate of drug-likeness (QED) is 0.817. The van der Waals surface area contributed by atoms with Gasteiger partial charge in [0.2, 0.25) is 15.7 Å². The number of sulfone groups is 1. The first kappa shape index (κ1) is 14.9. The highest BCUT2D eigenvalue weighted by atomic mass is 32.2. The predicted octanol–water partition coefficient (Wildman–Crippen LogP) is -0.202. The molecule has 0 saturated carbocycles. The van der Waals surface area contributed by atoms with E-state index in [1.807, 2.05) is 0 Å². The normalized spacial score (nSPS) is 18.6. The molecule has 1 aliphatic rings. The minimum Gasteiger partial charge on any atom is -0.376 e. The number of nitrogens with zero attached hydrogens (tertiary/aromatic N) is 3. The van der Waals surface area contributed by atoms with Crippen molar-refractivity contribution in [3.63, 3.8) is 0 Å². The third kappa shape index (κ3) is 3.09. The summed E-state index contributed by atoms with van der Waals surface area (Å²) >= 11 is 0. The molecule has 1 aliphatic heterocycles. The Balaban J connectivity index is 1.68. The van der Waals surface area contributed by atoms with Crippen molar-refractivity contribution in [2.45, 2.75) is 24.1 Å². The van der Waals surface area contributed by atoms with Crippen LogP contribution in [0.3, 0.4) is 0 Å². The monoisotopic (exact) mass is 324 g/mol. The molecule has 0 aliphatic carbocycles. The van der Waals surface area contributed by atoms with Crippen LogP contribution in [0.2, 0.25) is 0 Å². The molecular weight excluding hydrogens is 308 g/mol. The van der Waals surface area contributed by atoms with E-state index in [1.165, 1.54) is 4.40 Å². The lowest BCUT2D eigenvalue weighted by molar-refractivity contribution is -0.119. The summed E-state index contributed by atoms with van der Waals surface area (Å²) in [5, 5.41) is 9.82. The van der Waals surface area contributed by atoms with Crippen LogP contribution in [0.4, 0.5) is 0 Å². The van der Waals surface area contributed by atoms with Gasteiger partial charge in [-0.05, 0) is 25.0 Å². The first-order valence-electron chi connectivity index (χ1n) is 6.97. The molecule has 1 saturated heterocycles. The van der Waals surface area contributed by atoms with Crippen molar-refractivity contribution < 1.29 is 17.9 Å². The molecule has 22 heavy (non-hydrogen) atoms. The molecule has 3 rings (SSSR count). The summed E-state index contributed by atoms with van der Waals surface area (Å²) in [6, 6.07) is 5.05. The maximum Gasteiger partial charge on any atom is 0.254 e. The van der Waals surface area contributed by atoms with E-state index in [-0.39, 0.29) is 11.3 Å². The Morgan fingerprint density at radius 2 is 2.27 bits per heavy atom. The van der Waals surface area contributed by atoms with Crippen LogP contribution in [0.15, 0.2) is 29.6 Å². The van der Waals surface area contributed by atoms with Gasteiger partial charge in [-0.15, -0.1) is 10.2 Å². The molecular formula is C13H16N4O4S. The van der Waals surface area contributed by atoms with Crippen LogP contribution in [0.5, 0.6) is 0 Å². The summed E-state index contributed by atoms with van der Waals surface area (Å²) in [6.07, 6.45) is 3.36. The summed E-state index contributed by atoms with van der Waals surface area (Å²) in [7, 11) is -3.85. The summed E-state index contributed by atoms with van der Waals surface area (Å²) in [4.78, 5) is 11.8. The average molecular weight is 324 g/mol. The highest BCUT2D eigenvalue weighted by molar-refractivity contribution is 7.91. The Kier molecular flexibility index (Phi) is 4.08. The highest BCUT2D eigenvalue weighted by Crippen LogP contribution is 2.12. The van der Waals surface area contributed by atoms with E-state index in [4.69, 9.17) is 4.74 Å². The lowest BCUT2D eigenvalue weighted by atomic mass is 10.2. The zero-order valence-corrected chi connectivity index (χ0v) is 12.6. The van der Waals surface area contributed by atoms with Gasteiger partial charge in [-0.3, -0.25) is 9.20 Å². The molecule has 1 unspecified atom stereocenters. The molecule has 2 aromatic rings. The number of hydrogen-bond acceptors (Lipinski definition) is 6. The van der Waals surface area contributed by atoms with Crippen LogP contribution in [-0.4, -0.2) is 53.9 Å². The number of carbonyl (C=O) groups is 1. The van der Waals surface area contributed by atoms with E-state index in [2.05, 4.69) is 15.5 Å². The number of ether oxygens (including phenoxy) is 1. The average Bonchev–Trinajstić information content (AvgIpc) is 3.14. The predicted molar refractivity (Wildman–Crippen MR) is 77.0 cm³/mol. The van der Waals surface area contributed by atoms with Gasteiger partial charge in [-0.1, -0.05) is 6.07 Å². The van der Waals surface area contributed by atoms with Crippen LogP contribution in [0.1, 0.15) is 12.8 Å². The van der Waals surface area contributed by atoms with E-state index in [1.54, 1.807) is 24.4 Å². The lowest BCUT2D eigenvalue weighted by Crippen LogP contribution is -2.36. The standard InChI is InChI=1S/C13H16N4O4S/c18-12(14-8-10-4-3-7-21-10)9-22(19,20)13-16-15-11-5-1-2-6-17(11)13/h1-2,5-6,10H,3-4,7-9H2,(H,14,18). The second-order valence-corrected chi connectivity index (χ2v) is 6.99. The van der Waals surface area contributed by atoms with Gasteiger partial charge in [0, 0.05) is 19.3 Å². The van der Waals surface area contributed by atoms with Crippen molar-refractivity contribution in [3.05, 3.63) is 24.4 Å². The molecule has 1 fully saturated rings. The number of nitrogens with one attached hydrogen (secondary N) is 1. The Morgan fingerprint density at radius 1 is 1.41 bits per heavy atom. The van der Waals surface area contributed by atoms with Gasteiger partial charge in [0.15, 0.2) is 5.65 Å². The van der Waals surface area contributed by atoms with Crippen LogP contribution in [-0.2, 0) is 19.4 Å². The fourth-order valence-electron chi connectivity index (χ4n) is 2.35. The third-order valence-electron chi connectivity index (χ3n) is 3.43. The maximum atomic E-state index is 12.3. The van der Waals surface area contributed by atoms with Crippen LogP contribution >= 0.6 is 0 Å². The topological polar surface area (TPSA) is 103 Å². The summed E-state index contributed by atoms with van der Waals surface area (Å²) in [6.45, 7) is 1.01. The fraction of sp³-hybridized carbons (Fsp3) is 0.462. The third-order valence-corrected chi connectivity index (χ3v) is 4.91. The van der Waals surface area contributed by atoms with Gasteiger partial charge in [-0.2, -0.15) is 0 Å². The van der Waals surface area contributed by atoms with Gasteiger partial charge in [-0.25, -0.2) is 8.42 Å². The Bertz CT molecular complexity index is 780. The molecule has 0 aromatic carbocycles. The minimum atomic E-state index is -3.85. The first-order valence-corrected chi connectivity index (χ1v) is 8.62. The summed E-state index contributed by atoms with van der Waals surface area (Å²) < 4.78 is 31.3. The zero-order valence-electron chi connectivity index (χ0n) is 11.8. The van der Waals surface area contributed by atoms with Crippen molar-refractivity contribution in [1.29, 1.82) is 0 Å². The number of pyridine rings is 1. The van der Waals surface area contributed by atoms with E-state index >= 15 is 0 Å². The summed E-state index contributed by atoms with van der Waals surface area (Å²) in [5.41, 5.74) is 0.417. The molecule has 1 amide bonds. The smallest absolute Gasteiger partial charge is 0.254 e.